The van der Waals surface area contributed by atoms with Gasteiger partial charge in [-0.15, -0.1) is 37.2 Å². The molecule has 14 nitrogen and oxygen atoms in total. The first-order valence-corrected chi connectivity index (χ1v) is 16.7. The highest BCUT2D eigenvalue weighted by Crippen LogP contribution is 2.12. The molecule has 50 heavy (non-hydrogen) atoms. The van der Waals surface area contributed by atoms with Gasteiger partial charge in [0.1, 0.15) is 6.04 Å². The van der Waals surface area contributed by atoms with Crippen LogP contribution in [0.3, 0.4) is 0 Å². The van der Waals surface area contributed by atoms with Crippen molar-refractivity contribution in [3.8, 4) is 0 Å². The maximum absolute atomic E-state index is 13.1. The largest absolute Gasteiger partial charge is 0.394 e. The Morgan fingerprint density at radius 3 is 1.90 bits per heavy atom. The van der Waals surface area contributed by atoms with Gasteiger partial charge in [-0.3, -0.25) is 24.6 Å². The normalized spacial score (nSPS) is 12.3. The molecule has 0 saturated heterocycles. The number of aliphatic hydroxyl groups excluding tert-OH is 1. The molecule has 17 heteroatoms. The molecule has 0 heterocycles. The highest BCUT2D eigenvalue weighted by atomic mass is 35.5. The van der Waals surface area contributed by atoms with Crippen LogP contribution in [0.25, 0.3) is 0 Å². The fourth-order valence-corrected chi connectivity index (χ4v) is 4.99. The number of carbonyl (C=O) groups excluding carboxylic acids is 4. The fraction of sp³-hybridized carbons (Fsp3) is 0.667. The van der Waals surface area contributed by atoms with Crippen LogP contribution >= 0.6 is 37.2 Å². The first kappa shape index (κ1) is 51.5. The zero-order valence-corrected chi connectivity index (χ0v) is 32.3. The summed E-state index contributed by atoms with van der Waals surface area (Å²) in [4.78, 5) is 52.0. The molecule has 0 unspecified atom stereocenters. The summed E-state index contributed by atoms with van der Waals surface area (Å²) in [6.07, 6.45) is 4.28. The minimum atomic E-state index is -1.06. The zero-order chi connectivity index (χ0) is 35.4. The molecule has 0 aliphatic heterocycles. The van der Waals surface area contributed by atoms with Gasteiger partial charge in [-0.05, 0) is 74.5 Å². The Hall–Kier alpha value is -2.88. The SMILES string of the molecule is CC(C)C[C@H](N)C(=O)NCCCN(CCCCNC(=O)[C@H](CO)NC(=O)CCCc1ccc(NC(=N)N)cc1)C(=O)[C@@H](N)CC(C)C.Cl.Cl.Cl. The number of unbranched alkanes of at least 4 members (excludes halogenated alkanes) is 1. The van der Waals surface area contributed by atoms with E-state index in [-0.39, 0.29) is 73.2 Å². The van der Waals surface area contributed by atoms with E-state index in [1.807, 2.05) is 39.8 Å². The fourth-order valence-electron chi connectivity index (χ4n) is 4.99. The number of aliphatic hydroxyl groups is 1. The lowest BCUT2D eigenvalue weighted by atomic mass is 10.0. The highest BCUT2D eigenvalue weighted by molar-refractivity contribution is 5.90. The van der Waals surface area contributed by atoms with Gasteiger partial charge in [0, 0.05) is 38.3 Å². The van der Waals surface area contributed by atoms with Gasteiger partial charge < -0.3 is 48.5 Å². The van der Waals surface area contributed by atoms with Crippen molar-refractivity contribution in [3.05, 3.63) is 29.8 Å². The zero-order valence-electron chi connectivity index (χ0n) is 29.9. The molecule has 0 fully saturated rings. The van der Waals surface area contributed by atoms with Gasteiger partial charge in [0.25, 0.3) is 0 Å². The summed E-state index contributed by atoms with van der Waals surface area (Å²) in [6.45, 7) is 9.08. The number of aryl methyl sites for hydroxylation is 1. The predicted molar refractivity (Wildman–Crippen MR) is 207 cm³/mol. The van der Waals surface area contributed by atoms with E-state index in [4.69, 9.17) is 22.6 Å². The summed E-state index contributed by atoms with van der Waals surface area (Å²) in [5.41, 5.74) is 19.2. The van der Waals surface area contributed by atoms with Crippen LogP contribution in [0.5, 0.6) is 0 Å². The molecule has 1 aromatic carbocycles. The molecule has 0 aliphatic rings. The number of nitrogens with one attached hydrogen (secondary N) is 5. The van der Waals surface area contributed by atoms with Gasteiger partial charge in [0.2, 0.25) is 23.6 Å². The molecule has 4 amide bonds. The smallest absolute Gasteiger partial charge is 0.244 e. The number of benzene rings is 1. The molecule has 0 spiro atoms. The van der Waals surface area contributed by atoms with Crippen molar-refractivity contribution in [1.29, 1.82) is 5.41 Å². The Bertz CT molecular complexity index is 1130. The maximum atomic E-state index is 13.1. The lowest BCUT2D eigenvalue weighted by Crippen LogP contribution is -2.49. The number of nitrogens with zero attached hydrogens (tertiary/aromatic N) is 1. The standard InChI is InChI=1S/C33H59N9O5.3ClH/c1-22(2)19-26(34)30(45)38-16-8-18-42(32(47)27(35)20-23(3)4)17-6-5-15-39-31(46)28(21-43)41-29(44)10-7-9-24-11-13-25(14-12-24)40-33(36)37;;;/h11-14,22-23,26-28,43H,5-10,15-21,34-35H2,1-4H3,(H,38,45)(H,39,46)(H,41,44)(H4,36,37,40);3*1H/t26-,27-,28-;;;/m0.../s1. The predicted octanol–water partition coefficient (Wildman–Crippen LogP) is 2.04. The summed E-state index contributed by atoms with van der Waals surface area (Å²) >= 11 is 0. The number of hydrogen-bond acceptors (Lipinski definition) is 8. The van der Waals surface area contributed by atoms with Gasteiger partial charge in [-0.2, -0.15) is 0 Å². The van der Waals surface area contributed by atoms with Crippen molar-refractivity contribution in [3.63, 3.8) is 0 Å². The Balaban J connectivity index is -0.00000736. The average molecular weight is 771 g/mol. The quantitative estimate of drug-likeness (QED) is 0.0449. The minimum absolute atomic E-state index is 0. The molecule has 0 aliphatic carbocycles. The topological polar surface area (TPSA) is 242 Å². The van der Waals surface area contributed by atoms with E-state index in [9.17, 15) is 24.3 Å². The lowest BCUT2D eigenvalue weighted by molar-refractivity contribution is -0.133. The van der Waals surface area contributed by atoms with Gasteiger partial charge >= 0.3 is 0 Å². The van der Waals surface area contributed by atoms with Crippen LogP contribution in [0.2, 0.25) is 0 Å². The van der Waals surface area contributed by atoms with Crippen LogP contribution in [-0.4, -0.2) is 90.5 Å². The molecule has 1 aromatic rings. The molecule has 0 radical (unpaired) electrons. The van der Waals surface area contributed by atoms with E-state index in [1.54, 1.807) is 17.0 Å². The molecular formula is C33H62Cl3N9O5. The van der Waals surface area contributed by atoms with E-state index < -0.39 is 30.6 Å². The molecule has 290 valence electrons. The Morgan fingerprint density at radius 1 is 0.800 bits per heavy atom. The average Bonchev–Trinajstić information content (AvgIpc) is 2.99. The molecule has 0 bridgehead atoms. The van der Waals surface area contributed by atoms with Crippen molar-refractivity contribution >= 4 is 72.5 Å². The van der Waals surface area contributed by atoms with Crippen LogP contribution in [0.1, 0.15) is 78.2 Å². The summed E-state index contributed by atoms with van der Waals surface area (Å²) in [5.74, 6) is -0.724. The molecule has 0 aromatic heterocycles. The van der Waals surface area contributed by atoms with Crippen LogP contribution in [0, 0.1) is 17.2 Å². The summed E-state index contributed by atoms with van der Waals surface area (Å²) < 4.78 is 0. The second kappa shape index (κ2) is 28.8. The van der Waals surface area contributed by atoms with Gasteiger partial charge in [-0.25, -0.2) is 0 Å². The number of carbonyl (C=O) groups is 4. The summed E-state index contributed by atoms with van der Waals surface area (Å²) in [7, 11) is 0. The number of rotatable bonds is 23. The van der Waals surface area contributed by atoms with E-state index in [0.29, 0.717) is 82.7 Å². The van der Waals surface area contributed by atoms with Gasteiger partial charge in [-0.1, -0.05) is 39.8 Å². The van der Waals surface area contributed by atoms with Gasteiger partial charge in [0.05, 0.1) is 18.7 Å². The van der Waals surface area contributed by atoms with Crippen molar-refractivity contribution in [2.45, 2.75) is 97.2 Å². The Labute approximate surface area is 316 Å². The molecular weight excluding hydrogens is 709 g/mol. The number of guanidine groups is 1. The van der Waals surface area contributed by atoms with Crippen LogP contribution < -0.4 is 38.5 Å². The summed E-state index contributed by atoms with van der Waals surface area (Å²) in [5, 5.41) is 27.8. The summed E-state index contributed by atoms with van der Waals surface area (Å²) in [6, 6.07) is 5.13. The first-order valence-electron chi connectivity index (χ1n) is 16.7. The van der Waals surface area contributed by atoms with Crippen molar-refractivity contribution < 1.29 is 24.3 Å². The number of nitrogens with two attached hydrogens (primary N) is 3. The monoisotopic (exact) mass is 769 g/mol. The minimum Gasteiger partial charge on any atom is -0.394 e. The number of halogens is 3. The van der Waals surface area contributed by atoms with Crippen LogP contribution in [-0.2, 0) is 25.6 Å². The van der Waals surface area contributed by atoms with E-state index in [0.717, 1.165) is 5.56 Å². The number of hydrogen-bond donors (Lipinski definition) is 9. The van der Waals surface area contributed by atoms with E-state index >= 15 is 0 Å². The third-order valence-electron chi connectivity index (χ3n) is 7.41. The van der Waals surface area contributed by atoms with E-state index in [2.05, 4.69) is 21.3 Å². The second-order valence-corrected chi connectivity index (χ2v) is 12.8. The molecule has 0 saturated carbocycles. The van der Waals surface area contributed by atoms with Crippen LogP contribution in [0.4, 0.5) is 5.69 Å². The Kier molecular flexibility index (Phi) is 29.6. The number of amides is 4. The van der Waals surface area contributed by atoms with Crippen molar-refractivity contribution in [1.82, 2.24) is 20.9 Å². The van der Waals surface area contributed by atoms with Crippen molar-refractivity contribution in [2.24, 2.45) is 29.0 Å². The second-order valence-electron chi connectivity index (χ2n) is 12.8. The Morgan fingerprint density at radius 2 is 1.34 bits per heavy atom. The third kappa shape index (κ3) is 22.8. The third-order valence-corrected chi connectivity index (χ3v) is 7.41. The lowest BCUT2D eigenvalue weighted by Gasteiger charge is -2.27. The highest BCUT2D eigenvalue weighted by Gasteiger charge is 2.23. The molecule has 12 N–H and O–H groups in total. The number of anilines is 1. The van der Waals surface area contributed by atoms with Crippen LogP contribution in [0.15, 0.2) is 24.3 Å². The van der Waals surface area contributed by atoms with Crippen molar-refractivity contribution in [2.75, 3.05) is 38.1 Å². The maximum Gasteiger partial charge on any atom is 0.244 e. The molecule has 3 atom stereocenters. The molecule has 1 rings (SSSR count). The van der Waals surface area contributed by atoms with Gasteiger partial charge in [0.15, 0.2) is 5.96 Å². The first-order chi connectivity index (χ1) is 22.2. The van der Waals surface area contributed by atoms with E-state index in [1.165, 1.54) is 0 Å².